The number of nitrogens with one attached hydrogen (secondary N) is 3. The van der Waals surface area contributed by atoms with Gasteiger partial charge in [0.1, 0.15) is 6.34 Å². The minimum atomic E-state index is 0.950. The van der Waals surface area contributed by atoms with Gasteiger partial charge in [-0.3, -0.25) is 0 Å². The molecule has 0 aromatic carbocycles. The third-order valence-corrected chi connectivity index (χ3v) is 5.13. The van der Waals surface area contributed by atoms with Gasteiger partial charge < -0.3 is 0 Å². The van der Waals surface area contributed by atoms with Gasteiger partial charge in [-0.25, -0.2) is 10.1 Å². The monoisotopic (exact) mass is 318 g/mol. The second-order valence-corrected chi connectivity index (χ2v) is 6.64. The fourth-order valence-corrected chi connectivity index (χ4v) is 4.20. The van der Waals surface area contributed by atoms with E-state index in [9.17, 15) is 0 Å². The summed E-state index contributed by atoms with van der Waals surface area (Å²) in [6.45, 7) is 1.62. The van der Waals surface area contributed by atoms with E-state index in [0.717, 1.165) is 10.6 Å². The number of hydrazine groups is 2. The van der Waals surface area contributed by atoms with Gasteiger partial charge in [-0.05, 0) is 24.1 Å². The highest BCUT2D eigenvalue weighted by Crippen LogP contribution is 2.33. The maximum Gasteiger partial charge on any atom is 0.157 e. The van der Waals surface area contributed by atoms with Gasteiger partial charge in [0.15, 0.2) is 6.67 Å². The first-order chi connectivity index (χ1) is 8.93. The number of fused-ring (bicyclic) bond motifs is 1. The van der Waals surface area contributed by atoms with Crippen molar-refractivity contribution in [1.82, 2.24) is 22.6 Å². The van der Waals surface area contributed by atoms with Crippen molar-refractivity contribution in [2.24, 2.45) is 9.39 Å². The first-order valence-electron chi connectivity index (χ1n) is 4.77. The largest absolute Gasteiger partial charge is 0.248 e. The third-order valence-electron chi connectivity index (χ3n) is 1.93. The van der Waals surface area contributed by atoms with E-state index in [0.29, 0.717) is 0 Å². The lowest BCUT2D eigenvalue weighted by Crippen LogP contribution is -2.39. The molecule has 0 saturated heterocycles. The molecular formula is C7H8N7S4. The SMILES string of the molecule is [CH]1N=CN(N2SNSNS/N=C3/C=CC=C3S2)N1. The Hall–Kier alpha value is -0.140. The lowest BCUT2D eigenvalue weighted by molar-refractivity contribution is 0.240. The standard InChI is InChI=1S/C7H8N7S4/c1-2-6-7(3-1)15-14(13-5-8-4-9-13)18-12-17-11-16-10-6/h1-5,9,11-12H/b10-6-. The minimum absolute atomic E-state index is 0.950. The Morgan fingerprint density at radius 2 is 2.28 bits per heavy atom. The second kappa shape index (κ2) is 6.34. The van der Waals surface area contributed by atoms with E-state index < -0.39 is 0 Å². The number of hydrogen-bond donors (Lipinski definition) is 3. The average Bonchev–Trinajstić information content (AvgIpc) is 3.04. The van der Waals surface area contributed by atoms with E-state index >= 15 is 0 Å². The van der Waals surface area contributed by atoms with Crippen LogP contribution in [0.4, 0.5) is 0 Å². The zero-order valence-electron chi connectivity index (χ0n) is 8.81. The number of allylic oxidation sites excluding steroid dienone is 4. The molecule has 0 aromatic rings. The summed E-state index contributed by atoms with van der Waals surface area (Å²) in [5.41, 5.74) is 3.95. The van der Waals surface area contributed by atoms with Gasteiger partial charge in [0.05, 0.1) is 34.9 Å². The molecule has 0 saturated carbocycles. The van der Waals surface area contributed by atoms with Gasteiger partial charge in [-0.1, -0.05) is 9.90 Å². The van der Waals surface area contributed by atoms with Gasteiger partial charge in [-0.15, -0.1) is 0 Å². The van der Waals surface area contributed by atoms with E-state index in [-0.39, 0.29) is 0 Å². The predicted molar refractivity (Wildman–Crippen MR) is 80.9 cm³/mol. The zero-order valence-corrected chi connectivity index (χ0v) is 12.1. The maximum absolute atomic E-state index is 4.38. The molecule has 0 bridgehead atoms. The van der Waals surface area contributed by atoms with Crippen molar-refractivity contribution in [3.05, 3.63) is 29.8 Å². The summed E-state index contributed by atoms with van der Waals surface area (Å²) < 4.78 is 12.4. The minimum Gasteiger partial charge on any atom is -0.248 e. The summed E-state index contributed by atoms with van der Waals surface area (Å²) in [5.74, 6) is 0. The van der Waals surface area contributed by atoms with Crippen LogP contribution in [0, 0.1) is 6.67 Å². The van der Waals surface area contributed by atoms with Crippen LogP contribution in [0.5, 0.6) is 0 Å². The van der Waals surface area contributed by atoms with Crippen molar-refractivity contribution in [3.63, 3.8) is 0 Å². The molecule has 3 N–H and O–H groups in total. The molecule has 0 spiro atoms. The van der Waals surface area contributed by atoms with Crippen LogP contribution in [0.1, 0.15) is 0 Å². The molecule has 95 valence electrons. The molecule has 0 atom stereocenters. The highest BCUT2D eigenvalue weighted by molar-refractivity contribution is 8.21. The molecule has 2 aliphatic heterocycles. The summed E-state index contributed by atoms with van der Waals surface area (Å²) in [7, 11) is 0. The molecule has 3 rings (SSSR count). The predicted octanol–water partition coefficient (Wildman–Crippen LogP) is 1.60. The van der Waals surface area contributed by atoms with E-state index in [1.165, 1.54) is 36.4 Å². The summed E-state index contributed by atoms with van der Waals surface area (Å²) in [4.78, 5) is 5.07. The Bertz CT molecular complexity index is 434. The normalized spacial score (nSPS) is 27.9. The fourth-order valence-electron chi connectivity index (χ4n) is 1.20. The van der Waals surface area contributed by atoms with E-state index in [1.54, 1.807) is 30.1 Å². The van der Waals surface area contributed by atoms with E-state index in [2.05, 4.69) is 23.1 Å². The summed E-state index contributed by atoms with van der Waals surface area (Å²) in [5, 5.41) is 1.77. The lowest BCUT2D eigenvalue weighted by Gasteiger charge is -2.27. The van der Waals surface area contributed by atoms with Gasteiger partial charge in [-0.2, -0.15) is 18.1 Å². The molecule has 0 aromatic heterocycles. The Kier molecular flexibility index (Phi) is 4.53. The van der Waals surface area contributed by atoms with Gasteiger partial charge in [0, 0.05) is 12.1 Å². The van der Waals surface area contributed by atoms with Crippen molar-refractivity contribution < 1.29 is 0 Å². The van der Waals surface area contributed by atoms with Crippen LogP contribution in [-0.4, -0.2) is 21.0 Å². The fraction of sp³-hybridized carbons (Fsp3) is 0. The van der Waals surface area contributed by atoms with Crippen LogP contribution in [-0.2, 0) is 0 Å². The molecular weight excluding hydrogens is 310 g/mol. The van der Waals surface area contributed by atoms with Crippen molar-refractivity contribution in [3.8, 4) is 0 Å². The number of aliphatic imine (C=N–C) groups is 1. The van der Waals surface area contributed by atoms with Crippen LogP contribution < -0.4 is 13.7 Å². The molecule has 7 nitrogen and oxygen atoms in total. The van der Waals surface area contributed by atoms with E-state index in [1.807, 2.05) is 22.0 Å². The first kappa shape index (κ1) is 12.9. The maximum atomic E-state index is 4.38. The lowest BCUT2D eigenvalue weighted by atomic mass is 10.4. The van der Waals surface area contributed by atoms with Crippen LogP contribution >= 0.6 is 48.3 Å². The van der Waals surface area contributed by atoms with Crippen LogP contribution in [0.2, 0.25) is 0 Å². The van der Waals surface area contributed by atoms with Gasteiger partial charge in [0.2, 0.25) is 0 Å². The van der Waals surface area contributed by atoms with E-state index in [4.69, 9.17) is 0 Å². The molecule has 2 heterocycles. The van der Waals surface area contributed by atoms with Gasteiger partial charge in [0.25, 0.3) is 0 Å². The van der Waals surface area contributed by atoms with Crippen molar-refractivity contribution in [2.45, 2.75) is 0 Å². The second-order valence-electron chi connectivity index (χ2n) is 3.01. The van der Waals surface area contributed by atoms with Crippen molar-refractivity contribution in [1.29, 1.82) is 0 Å². The highest BCUT2D eigenvalue weighted by atomic mass is 32.3. The highest BCUT2D eigenvalue weighted by Gasteiger charge is 2.22. The summed E-state index contributed by atoms with van der Waals surface area (Å²) >= 11 is 5.64. The van der Waals surface area contributed by atoms with Crippen LogP contribution in [0.15, 0.2) is 32.5 Å². The first-order valence-corrected chi connectivity index (χ1v) is 7.91. The number of rotatable bonds is 1. The van der Waals surface area contributed by atoms with Gasteiger partial charge >= 0.3 is 0 Å². The Morgan fingerprint density at radius 3 is 3.17 bits per heavy atom. The molecule has 3 aliphatic rings. The third kappa shape index (κ3) is 3.05. The number of nitrogens with zero attached hydrogens (tertiary/aromatic N) is 4. The van der Waals surface area contributed by atoms with Crippen LogP contribution in [0.3, 0.4) is 0 Å². The topological polar surface area (TPSA) is 67.3 Å². The molecule has 1 aliphatic carbocycles. The Balaban J connectivity index is 1.75. The molecule has 11 heteroatoms. The smallest absolute Gasteiger partial charge is 0.157 e. The Labute approximate surface area is 122 Å². The average molecular weight is 318 g/mol. The van der Waals surface area contributed by atoms with Crippen molar-refractivity contribution in [2.75, 3.05) is 0 Å². The molecule has 18 heavy (non-hydrogen) atoms. The molecule has 0 amide bonds. The molecule has 0 fully saturated rings. The quantitative estimate of drug-likeness (QED) is 0.625. The summed E-state index contributed by atoms with van der Waals surface area (Å²) in [6, 6.07) is 0. The van der Waals surface area contributed by atoms with Crippen LogP contribution in [0.25, 0.3) is 0 Å². The molecule has 0 unspecified atom stereocenters. The zero-order chi connectivity index (χ0) is 12.2. The number of hydrogen-bond acceptors (Lipinski definition) is 11. The Morgan fingerprint density at radius 1 is 1.28 bits per heavy atom. The van der Waals surface area contributed by atoms with Crippen molar-refractivity contribution >= 4 is 60.4 Å². The molecule has 1 radical (unpaired) electrons. The summed E-state index contributed by atoms with van der Waals surface area (Å²) in [6.07, 6.45) is 7.70.